The van der Waals surface area contributed by atoms with Crippen LogP contribution in [0.4, 0.5) is 0 Å². The monoisotopic (exact) mass is 391 g/mol. The number of hydrogen-bond donors (Lipinski definition) is 1. The first-order chi connectivity index (χ1) is 12.2. The summed E-state index contributed by atoms with van der Waals surface area (Å²) in [6.45, 7) is 13.8. The largest absolute Gasteiger partial charge is 0.361 e. The van der Waals surface area contributed by atoms with Crippen molar-refractivity contribution in [2.24, 2.45) is 0 Å². The predicted molar refractivity (Wildman–Crippen MR) is 111 cm³/mol. The highest BCUT2D eigenvalue weighted by molar-refractivity contribution is 6.90. The molecule has 0 radical (unpaired) electrons. The van der Waals surface area contributed by atoms with Crippen LogP contribution in [0, 0.1) is 11.5 Å². The highest BCUT2D eigenvalue weighted by Crippen LogP contribution is 2.41. The van der Waals surface area contributed by atoms with Gasteiger partial charge in [-0.25, -0.2) is 0 Å². The Balaban J connectivity index is 2.41. The average Bonchev–Trinajstić information content (AvgIpc) is 2.55. The lowest BCUT2D eigenvalue weighted by atomic mass is 10.0. The Labute approximate surface area is 163 Å². The lowest BCUT2D eigenvalue weighted by Crippen LogP contribution is -2.48. The topological polar surface area (TPSA) is 38.3 Å². The van der Waals surface area contributed by atoms with Crippen LogP contribution < -0.4 is 5.32 Å². The molecule has 0 spiro atoms. The molecule has 0 aromatic heterocycles. The summed E-state index contributed by atoms with van der Waals surface area (Å²) < 4.78 is 5.83. The predicted octanol–water partition coefficient (Wildman–Crippen LogP) is 5.12. The van der Waals surface area contributed by atoms with Crippen molar-refractivity contribution in [1.29, 1.82) is 0 Å². The number of nitrogens with one attached hydrogen (secondary N) is 1. The molecule has 2 atom stereocenters. The van der Waals surface area contributed by atoms with Gasteiger partial charge in [0, 0.05) is 5.02 Å². The molecule has 3 nitrogen and oxygen atoms in total. The number of halogens is 1. The molecule has 0 bridgehead atoms. The number of hydrogen-bond acceptors (Lipinski definition) is 2. The van der Waals surface area contributed by atoms with E-state index in [1.807, 2.05) is 24.3 Å². The van der Waals surface area contributed by atoms with E-state index >= 15 is 0 Å². The van der Waals surface area contributed by atoms with E-state index in [9.17, 15) is 4.79 Å². The summed E-state index contributed by atoms with van der Waals surface area (Å²) in [5.41, 5.74) is 6.32. The molecule has 5 heteroatoms. The summed E-state index contributed by atoms with van der Waals surface area (Å²) in [7, 11) is -1.86. The van der Waals surface area contributed by atoms with Crippen LogP contribution in [0.2, 0.25) is 21.6 Å². The van der Waals surface area contributed by atoms with Crippen molar-refractivity contribution in [2.75, 3.05) is 6.61 Å². The van der Waals surface area contributed by atoms with Crippen LogP contribution in [0.5, 0.6) is 0 Å². The Morgan fingerprint density at radius 3 is 2.12 bits per heavy atom. The second kappa shape index (κ2) is 8.60. The molecule has 1 N–H and O–H groups in total. The lowest BCUT2D eigenvalue weighted by molar-refractivity contribution is -0.135. The SMILES string of the molecule is CC(C)[Si](C#C[C@H]1NC(=O)CO[C@H]1c1ccc(Cl)cc1)(C(C)C)C(C)C. The maximum Gasteiger partial charge on any atom is 0.247 e. The third-order valence-corrected chi connectivity index (χ3v) is 12.1. The number of morpholine rings is 1. The molecule has 26 heavy (non-hydrogen) atoms. The van der Waals surface area contributed by atoms with Crippen LogP contribution in [0.25, 0.3) is 0 Å². The van der Waals surface area contributed by atoms with Crippen molar-refractivity contribution in [3.05, 3.63) is 34.9 Å². The van der Waals surface area contributed by atoms with Crippen molar-refractivity contribution >= 4 is 25.6 Å². The zero-order valence-corrected chi connectivity index (χ0v) is 18.4. The average molecular weight is 392 g/mol. The third-order valence-electron chi connectivity index (χ3n) is 5.52. The molecule has 0 unspecified atom stereocenters. The lowest BCUT2D eigenvalue weighted by Gasteiger charge is -2.38. The van der Waals surface area contributed by atoms with Crippen molar-refractivity contribution in [1.82, 2.24) is 5.32 Å². The third kappa shape index (κ3) is 4.33. The van der Waals surface area contributed by atoms with Crippen LogP contribution in [0.3, 0.4) is 0 Å². The van der Waals surface area contributed by atoms with Gasteiger partial charge in [0.15, 0.2) is 0 Å². The molecule has 1 heterocycles. The summed E-state index contributed by atoms with van der Waals surface area (Å²) in [5.74, 6) is 3.31. The minimum atomic E-state index is -1.86. The van der Waals surface area contributed by atoms with Crippen molar-refractivity contribution in [3.8, 4) is 11.5 Å². The molecular formula is C21H30ClNO2Si. The summed E-state index contributed by atoms with van der Waals surface area (Å²) >= 11 is 6.00. The quantitative estimate of drug-likeness (QED) is 0.571. The van der Waals surface area contributed by atoms with Gasteiger partial charge in [0.05, 0.1) is 0 Å². The second-order valence-electron chi connectivity index (χ2n) is 7.99. The highest BCUT2D eigenvalue weighted by Gasteiger charge is 2.42. The highest BCUT2D eigenvalue weighted by atomic mass is 35.5. The van der Waals surface area contributed by atoms with E-state index in [1.165, 1.54) is 0 Å². The van der Waals surface area contributed by atoms with Crippen LogP contribution in [0.1, 0.15) is 53.2 Å². The fourth-order valence-electron chi connectivity index (χ4n) is 4.24. The molecule has 1 aromatic carbocycles. The summed E-state index contributed by atoms with van der Waals surface area (Å²) in [6, 6.07) is 7.24. The first-order valence-corrected chi connectivity index (χ1v) is 12.0. The van der Waals surface area contributed by atoms with Gasteiger partial charge in [-0.1, -0.05) is 71.2 Å². The van der Waals surface area contributed by atoms with E-state index in [4.69, 9.17) is 16.3 Å². The fraction of sp³-hybridized carbons (Fsp3) is 0.571. The number of benzene rings is 1. The summed E-state index contributed by atoms with van der Waals surface area (Å²) in [4.78, 5) is 11.9. The first kappa shape index (κ1) is 21.0. The summed E-state index contributed by atoms with van der Waals surface area (Å²) in [5, 5.41) is 3.70. The van der Waals surface area contributed by atoms with Gasteiger partial charge < -0.3 is 10.1 Å². The molecule has 142 valence electrons. The zero-order valence-electron chi connectivity index (χ0n) is 16.6. The first-order valence-electron chi connectivity index (χ1n) is 9.37. The smallest absolute Gasteiger partial charge is 0.247 e. The van der Waals surface area contributed by atoms with E-state index in [0.29, 0.717) is 21.6 Å². The number of ether oxygens (including phenoxy) is 1. The van der Waals surface area contributed by atoms with Crippen LogP contribution in [-0.2, 0) is 9.53 Å². The molecule has 1 saturated heterocycles. The van der Waals surface area contributed by atoms with Crippen LogP contribution >= 0.6 is 11.6 Å². The van der Waals surface area contributed by atoms with Gasteiger partial charge in [0.2, 0.25) is 5.91 Å². The molecule has 0 aliphatic carbocycles. The zero-order chi connectivity index (χ0) is 19.5. The Morgan fingerprint density at radius 2 is 1.62 bits per heavy atom. The maximum atomic E-state index is 11.9. The van der Waals surface area contributed by atoms with E-state index in [2.05, 4.69) is 58.3 Å². The van der Waals surface area contributed by atoms with E-state index in [1.54, 1.807) is 0 Å². The number of carbonyl (C=O) groups is 1. The van der Waals surface area contributed by atoms with Gasteiger partial charge in [0.1, 0.15) is 26.8 Å². The van der Waals surface area contributed by atoms with Crippen molar-refractivity contribution < 1.29 is 9.53 Å². The van der Waals surface area contributed by atoms with Gasteiger partial charge in [-0.15, -0.1) is 5.54 Å². The van der Waals surface area contributed by atoms with E-state index < -0.39 is 8.07 Å². The fourth-order valence-corrected chi connectivity index (χ4v) is 9.64. The maximum absolute atomic E-state index is 11.9. The van der Waals surface area contributed by atoms with Gasteiger partial charge in [0.25, 0.3) is 0 Å². The van der Waals surface area contributed by atoms with Crippen LogP contribution in [0.15, 0.2) is 24.3 Å². The van der Waals surface area contributed by atoms with Gasteiger partial charge in [-0.3, -0.25) is 4.79 Å². The minimum Gasteiger partial charge on any atom is -0.361 e. The summed E-state index contributed by atoms with van der Waals surface area (Å²) in [6.07, 6.45) is -0.268. The van der Waals surface area contributed by atoms with Crippen LogP contribution in [-0.4, -0.2) is 26.6 Å². The molecule has 2 rings (SSSR count). The van der Waals surface area contributed by atoms with Crippen molar-refractivity contribution in [2.45, 2.75) is 70.3 Å². The number of carbonyl (C=O) groups excluding carboxylic acids is 1. The van der Waals surface area contributed by atoms with Crippen molar-refractivity contribution in [3.63, 3.8) is 0 Å². The number of rotatable bonds is 4. The Morgan fingerprint density at radius 1 is 1.08 bits per heavy atom. The minimum absolute atomic E-state index is 0.0621. The molecular weight excluding hydrogens is 362 g/mol. The molecule has 1 amide bonds. The van der Waals surface area contributed by atoms with Gasteiger partial charge in [-0.05, 0) is 34.3 Å². The Hall–Kier alpha value is -1.28. The standard InChI is InChI=1S/C21H30ClNO2Si/c1-14(2)26(15(3)4,16(5)6)12-11-19-21(25-13-20(24)23-19)17-7-9-18(22)10-8-17/h7-10,14-16,19,21H,13H2,1-6H3,(H,23,24)/t19-,21+/m1/s1. The Kier molecular flexibility index (Phi) is 6.96. The molecule has 1 aliphatic heterocycles. The molecule has 1 aromatic rings. The molecule has 0 saturated carbocycles. The molecule has 1 aliphatic rings. The second-order valence-corrected chi connectivity index (χ2v) is 14.0. The van der Waals surface area contributed by atoms with Gasteiger partial charge >= 0.3 is 0 Å². The van der Waals surface area contributed by atoms with E-state index in [-0.39, 0.29) is 24.7 Å². The normalized spacial score (nSPS) is 20.9. The van der Waals surface area contributed by atoms with Gasteiger partial charge in [-0.2, -0.15) is 0 Å². The van der Waals surface area contributed by atoms with E-state index in [0.717, 1.165) is 5.56 Å². The number of amides is 1. The molecule has 1 fully saturated rings. The Bertz CT molecular complexity index is 666.